The third-order valence-electron chi connectivity index (χ3n) is 2.14. The van der Waals surface area contributed by atoms with Crippen molar-refractivity contribution < 1.29 is 5.11 Å². The summed E-state index contributed by atoms with van der Waals surface area (Å²) in [5, 5.41) is 12.1. The largest absolute Gasteiger partial charge is 0.374 e. The van der Waals surface area contributed by atoms with Crippen LogP contribution in [0.2, 0.25) is 0 Å². The Morgan fingerprint density at radius 1 is 1.36 bits per heavy atom. The molecule has 2 atom stereocenters. The smallest absolute Gasteiger partial charge is 0.121 e. The molecule has 1 aromatic carbocycles. The summed E-state index contributed by atoms with van der Waals surface area (Å²) in [6, 6.07) is 5.96. The maximum absolute atomic E-state index is 9.14. The fraction of sp³-hybridized carbons (Fsp3) is 0.455. The maximum Gasteiger partial charge on any atom is 0.121 e. The van der Waals surface area contributed by atoms with E-state index in [0.717, 1.165) is 16.8 Å². The lowest BCUT2D eigenvalue weighted by molar-refractivity contribution is 0.224. The normalized spacial score (nSPS) is 14.9. The van der Waals surface area contributed by atoms with Crippen LogP contribution in [0.4, 0.5) is 5.69 Å². The number of rotatable bonds is 3. The van der Waals surface area contributed by atoms with Gasteiger partial charge in [-0.25, -0.2) is 0 Å². The number of aryl methyl sites for hydroxylation is 1. The van der Waals surface area contributed by atoms with Gasteiger partial charge in [0.05, 0.1) is 0 Å². The molecule has 0 heterocycles. The Balaban J connectivity index is 2.89. The Bertz CT molecular complexity index is 308. The highest BCUT2D eigenvalue weighted by molar-refractivity contribution is 5.49. The van der Waals surface area contributed by atoms with Gasteiger partial charge in [0.25, 0.3) is 0 Å². The van der Waals surface area contributed by atoms with Gasteiger partial charge in [0.1, 0.15) is 6.23 Å². The summed E-state index contributed by atoms with van der Waals surface area (Å²) in [4.78, 5) is 0. The second-order valence-corrected chi connectivity index (χ2v) is 3.68. The molecule has 0 aromatic heterocycles. The van der Waals surface area contributed by atoms with Crippen molar-refractivity contribution in [2.45, 2.75) is 33.0 Å². The number of benzene rings is 1. The quantitative estimate of drug-likeness (QED) is 0.643. The summed E-state index contributed by atoms with van der Waals surface area (Å²) in [7, 11) is 0. The molecule has 3 heteroatoms. The van der Waals surface area contributed by atoms with Crippen molar-refractivity contribution in [3.8, 4) is 0 Å². The van der Waals surface area contributed by atoms with E-state index >= 15 is 0 Å². The first-order chi connectivity index (χ1) is 6.50. The molecule has 0 saturated carbocycles. The molecule has 0 bridgehead atoms. The van der Waals surface area contributed by atoms with Crippen molar-refractivity contribution in [3.05, 3.63) is 29.3 Å². The second kappa shape index (κ2) is 4.44. The Kier molecular flexibility index (Phi) is 3.49. The summed E-state index contributed by atoms with van der Waals surface area (Å²) >= 11 is 0. The molecule has 0 fully saturated rings. The monoisotopic (exact) mass is 194 g/mol. The second-order valence-electron chi connectivity index (χ2n) is 3.68. The summed E-state index contributed by atoms with van der Waals surface area (Å²) in [5.41, 5.74) is 9.00. The molecule has 0 aliphatic heterocycles. The van der Waals surface area contributed by atoms with Crippen LogP contribution in [0.5, 0.6) is 0 Å². The molecule has 0 spiro atoms. The number of aliphatic hydroxyl groups is 1. The first-order valence-electron chi connectivity index (χ1n) is 4.81. The van der Waals surface area contributed by atoms with Crippen LogP contribution in [0.3, 0.4) is 0 Å². The van der Waals surface area contributed by atoms with E-state index in [9.17, 15) is 0 Å². The maximum atomic E-state index is 9.14. The molecule has 1 aromatic rings. The zero-order valence-corrected chi connectivity index (χ0v) is 8.91. The van der Waals surface area contributed by atoms with E-state index in [4.69, 9.17) is 10.8 Å². The van der Waals surface area contributed by atoms with E-state index in [2.05, 4.69) is 5.32 Å². The average Bonchev–Trinajstić information content (AvgIpc) is 2.01. The SMILES string of the molecule is Cc1cc(NC(C)O)ccc1C(C)N. The average molecular weight is 194 g/mol. The van der Waals surface area contributed by atoms with Gasteiger partial charge in [0.2, 0.25) is 0 Å². The van der Waals surface area contributed by atoms with E-state index < -0.39 is 6.23 Å². The molecule has 0 aliphatic rings. The molecule has 78 valence electrons. The Hall–Kier alpha value is -1.06. The lowest BCUT2D eigenvalue weighted by atomic mass is 10.0. The van der Waals surface area contributed by atoms with Gasteiger partial charge in [-0.3, -0.25) is 0 Å². The standard InChI is InChI=1S/C11H18N2O/c1-7-6-10(13-9(3)14)4-5-11(7)8(2)12/h4-6,8-9,13-14H,12H2,1-3H3. The predicted octanol–water partition coefficient (Wildman–Crippen LogP) is 1.76. The lowest BCUT2D eigenvalue weighted by Gasteiger charge is -2.14. The van der Waals surface area contributed by atoms with E-state index in [0.29, 0.717) is 0 Å². The zero-order valence-electron chi connectivity index (χ0n) is 8.91. The van der Waals surface area contributed by atoms with Gasteiger partial charge in [-0.15, -0.1) is 0 Å². The van der Waals surface area contributed by atoms with Crippen molar-refractivity contribution in [3.63, 3.8) is 0 Å². The van der Waals surface area contributed by atoms with Crippen LogP contribution >= 0.6 is 0 Å². The highest BCUT2D eigenvalue weighted by Crippen LogP contribution is 2.19. The number of hydrogen-bond donors (Lipinski definition) is 3. The highest BCUT2D eigenvalue weighted by Gasteiger charge is 2.04. The Labute approximate surface area is 84.9 Å². The molecule has 3 nitrogen and oxygen atoms in total. The number of aliphatic hydroxyl groups excluding tert-OH is 1. The molecule has 0 radical (unpaired) electrons. The van der Waals surface area contributed by atoms with Crippen molar-refractivity contribution in [1.82, 2.24) is 0 Å². The van der Waals surface area contributed by atoms with Crippen LogP contribution in [0.15, 0.2) is 18.2 Å². The molecular formula is C11H18N2O. The topological polar surface area (TPSA) is 58.3 Å². The first-order valence-corrected chi connectivity index (χ1v) is 4.81. The summed E-state index contributed by atoms with van der Waals surface area (Å²) < 4.78 is 0. The number of hydrogen-bond acceptors (Lipinski definition) is 3. The fourth-order valence-electron chi connectivity index (χ4n) is 1.52. The predicted molar refractivity (Wildman–Crippen MR) is 59.1 cm³/mol. The van der Waals surface area contributed by atoms with Crippen molar-refractivity contribution >= 4 is 5.69 Å². The number of nitrogens with two attached hydrogens (primary N) is 1. The van der Waals surface area contributed by atoms with Gasteiger partial charge in [0, 0.05) is 11.7 Å². The molecule has 0 amide bonds. The number of anilines is 1. The molecule has 1 rings (SSSR count). The molecule has 14 heavy (non-hydrogen) atoms. The highest BCUT2D eigenvalue weighted by atomic mass is 16.3. The van der Waals surface area contributed by atoms with Crippen molar-refractivity contribution in [2.75, 3.05) is 5.32 Å². The van der Waals surface area contributed by atoms with Gasteiger partial charge in [-0.05, 0) is 44.0 Å². The van der Waals surface area contributed by atoms with E-state index in [-0.39, 0.29) is 6.04 Å². The minimum atomic E-state index is -0.532. The van der Waals surface area contributed by atoms with Crippen molar-refractivity contribution in [1.29, 1.82) is 0 Å². The van der Waals surface area contributed by atoms with Crippen LogP contribution in [-0.2, 0) is 0 Å². The number of nitrogens with one attached hydrogen (secondary N) is 1. The Morgan fingerprint density at radius 2 is 2.00 bits per heavy atom. The molecular weight excluding hydrogens is 176 g/mol. The molecule has 0 saturated heterocycles. The first kappa shape index (κ1) is 11.0. The van der Waals surface area contributed by atoms with E-state index in [1.807, 2.05) is 32.0 Å². The fourth-order valence-corrected chi connectivity index (χ4v) is 1.52. The third kappa shape index (κ3) is 2.72. The van der Waals surface area contributed by atoms with Gasteiger partial charge < -0.3 is 16.2 Å². The third-order valence-corrected chi connectivity index (χ3v) is 2.14. The zero-order chi connectivity index (χ0) is 10.7. The lowest BCUT2D eigenvalue weighted by Crippen LogP contribution is -2.14. The van der Waals surface area contributed by atoms with Gasteiger partial charge in [-0.2, -0.15) is 0 Å². The summed E-state index contributed by atoms with van der Waals surface area (Å²) in [6.45, 7) is 5.67. The Morgan fingerprint density at radius 3 is 2.43 bits per heavy atom. The molecule has 2 unspecified atom stereocenters. The summed E-state index contributed by atoms with van der Waals surface area (Å²) in [6.07, 6.45) is -0.532. The van der Waals surface area contributed by atoms with Gasteiger partial charge in [0.15, 0.2) is 0 Å². The van der Waals surface area contributed by atoms with Crippen LogP contribution in [0, 0.1) is 6.92 Å². The van der Waals surface area contributed by atoms with Crippen LogP contribution in [-0.4, -0.2) is 11.3 Å². The van der Waals surface area contributed by atoms with Crippen LogP contribution < -0.4 is 11.1 Å². The minimum absolute atomic E-state index is 0.0515. The van der Waals surface area contributed by atoms with E-state index in [1.54, 1.807) is 6.92 Å². The van der Waals surface area contributed by atoms with Gasteiger partial charge >= 0.3 is 0 Å². The van der Waals surface area contributed by atoms with Crippen LogP contribution in [0.25, 0.3) is 0 Å². The van der Waals surface area contributed by atoms with E-state index in [1.165, 1.54) is 0 Å². The summed E-state index contributed by atoms with van der Waals surface area (Å²) in [5.74, 6) is 0. The minimum Gasteiger partial charge on any atom is -0.374 e. The van der Waals surface area contributed by atoms with Crippen LogP contribution in [0.1, 0.15) is 31.0 Å². The molecule has 4 N–H and O–H groups in total. The van der Waals surface area contributed by atoms with Crippen molar-refractivity contribution in [2.24, 2.45) is 5.73 Å². The molecule has 0 aliphatic carbocycles. The van der Waals surface area contributed by atoms with Gasteiger partial charge in [-0.1, -0.05) is 6.07 Å².